The number of aromatic hydroxyl groups is 2. The van der Waals surface area contributed by atoms with Gasteiger partial charge >= 0.3 is 5.97 Å². The third-order valence-electron chi connectivity index (χ3n) is 2.01. The first-order valence-corrected chi connectivity index (χ1v) is 4.36. The van der Waals surface area contributed by atoms with Crippen LogP contribution in [0.1, 0.15) is 12.5 Å². The predicted octanol–water partition coefficient (Wildman–Crippen LogP) is 0.239. The Balaban J connectivity index is 2.85. The molecule has 0 aliphatic heterocycles. The predicted molar refractivity (Wildman–Crippen MR) is 50.2 cm³/mol. The van der Waals surface area contributed by atoms with Crippen molar-refractivity contribution in [1.82, 2.24) is 9.97 Å². The standard InChI is InChI=1S/C9H12N2O4/c1-5(9(14)15-2)3-6-7(12)10-4-11-8(6)13/h4-5H,3H2,1-2H3,(H2,10,11,12,13). The summed E-state index contributed by atoms with van der Waals surface area (Å²) in [6.07, 6.45) is 1.17. The van der Waals surface area contributed by atoms with E-state index in [9.17, 15) is 15.0 Å². The summed E-state index contributed by atoms with van der Waals surface area (Å²) in [5.41, 5.74) is 0.149. The first-order valence-electron chi connectivity index (χ1n) is 4.36. The maximum atomic E-state index is 11.1. The molecule has 0 spiro atoms. The van der Waals surface area contributed by atoms with Crippen molar-refractivity contribution >= 4 is 5.97 Å². The van der Waals surface area contributed by atoms with E-state index in [0.717, 1.165) is 6.33 Å². The number of carbonyl (C=O) groups is 1. The van der Waals surface area contributed by atoms with Crippen LogP contribution in [0, 0.1) is 5.92 Å². The Labute approximate surface area is 86.6 Å². The number of methoxy groups -OCH3 is 1. The lowest BCUT2D eigenvalue weighted by molar-refractivity contribution is -0.144. The zero-order chi connectivity index (χ0) is 11.4. The largest absolute Gasteiger partial charge is 0.493 e. The molecule has 6 heteroatoms. The number of carbonyl (C=O) groups excluding carboxylic acids is 1. The van der Waals surface area contributed by atoms with Crippen molar-refractivity contribution in [1.29, 1.82) is 0 Å². The second-order valence-corrected chi connectivity index (χ2v) is 3.13. The SMILES string of the molecule is COC(=O)C(C)Cc1c(O)ncnc1O. The molecule has 0 saturated carbocycles. The monoisotopic (exact) mass is 212 g/mol. The van der Waals surface area contributed by atoms with Gasteiger partial charge in [0.1, 0.15) is 6.33 Å². The van der Waals surface area contributed by atoms with E-state index in [2.05, 4.69) is 14.7 Å². The molecule has 0 radical (unpaired) electrons. The zero-order valence-corrected chi connectivity index (χ0v) is 8.47. The van der Waals surface area contributed by atoms with E-state index in [-0.39, 0.29) is 23.7 Å². The topological polar surface area (TPSA) is 92.5 Å². The fourth-order valence-electron chi connectivity index (χ4n) is 1.17. The highest BCUT2D eigenvalue weighted by atomic mass is 16.5. The lowest BCUT2D eigenvalue weighted by Crippen LogP contribution is -2.15. The van der Waals surface area contributed by atoms with Gasteiger partial charge in [0.2, 0.25) is 11.8 Å². The molecule has 6 nitrogen and oxygen atoms in total. The fourth-order valence-corrected chi connectivity index (χ4v) is 1.17. The van der Waals surface area contributed by atoms with Crippen LogP contribution in [0.2, 0.25) is 0 Å². The molecule has 1 unspecified atom stereocenters. The van der Waals surface area contributed by atoms with Gasteiger partial charge in [-0.2, -0.15) is 0 Å². The van der Waals surface area contributed by atoms with E-state index in [4.69, 9.17) is 0 Å². The molecular formula is C9H12N2O4. The van der Waals surface area contributed by atoms with Gasteiger partial charge < -0.3 is 14.9 Å². The van der Waals surface area contributed by atoms with Crippen molar-refractivity contribution in [3.8, 4) is 11.8 Å². The molecule has 1 rings (SSSR count). The third kappa shape index (κ3) is 2.55. The third-order valence-corrected chi connectivity index (χ3v) is 2.01. The van der Waals surface area contributed by atoms with Crippen LogP contribution in [0.25, 0.3) is 0 Å². The Morgan fingerprint density at radius 1 is 1.47 bits per heavy atom. The van der Waals surface area contributed by atoms with Crippen molar-refractivity contribution in [3.63, 3.8) is 0 Å². The molecule has 1 atom stereocenters. The second-order valence-electron chi connectivity index (χ2n) is 3.13. The second kappa shape index (κ2) is 4.59. The number of hydrogen-bond donors (Lipinski definition) is 2. The zero-order valence-electron chi connectivity index (χ0n) is 8.47. The van der Waals surface area contributed by atoms with Crippen molar-refractivity contribution in [3.05, 3.63) is 11.9 Å². The molecule has 0 aliphatic rings. The van der Waals surface area contributed by atoms with E-state index in [0.29, 0.717) is 0 Å². The maximum absolute atomic E-state index is 11.1. The van der Waals surface area contributed by atoms with Crippen molar-refractivity contribution < 1.29 is 19.7 Å². The summed E-state index contributed by atoms with van der Waals surface area (Å²) in [6, 6.07) is 0. The summed E-state index contributed by atoms with van der Waals surface area (Å²) in [5.74, 6) is -1.54. The Morgan fingerprint density at radius 2 is 2.00 bits per heavy atom. The molecule has 2 N–H and O–H groups in total. The molecule has 1 heterocycles. The van der Waals surface area contributed by atoms with Crippen LogP contribution < -0.4 is 0 Å². The highest BCUT2D eigenvalue weighted by Gasteiger charge is 2.19. The average molecular weight is 212 g/mol. The summed E-state index contributed by atoms with van der Waals surface area (Å²) in [7, 11) is 1.28. The maximum Gasteiger partial charge on any atom is 0.308 e. The molecule has 0 saturated heterocycles. The number of aromatic nitrogens is 2. The molecule has 15 heavy (non-hydrogen) atoms. The van der Waals surface area contributed by atoms with Crippen LogP contribution in [0.5, 0.6) is 11.8 Å². The van der Waals surface area contributed by atoms with E-state index < -0.39 is 11.9 Å². The Bertz CT molecular complexity index is 347. The molecule has 1 aromatic rings. The molecule has 0 aliphatic carbocycles. The summed E-state index contributed by atoms with van der Waals surface area (Å²) in [5, 5.41) is 18.7. The van der Waals surface area contributed by atoms with E-state index in [1.54, 1.807) is 6.92 Å². The van der Waals surface area contributed by atoms with E-state index >= 15 is 0 Å². The van der Waals surface area contributed by atoms with Crippen molar-refractivity contribution in [2.75, 3.05) is 7.11 Å². The van der Waals surface area contributed by atoms with Crippen LogP contribution in [0.3, 0.4) is 0 Å². The minimum Gasteiger partial charge on any atom is -0.493 e. The highest BCUT2D eigenvalue weighted by Crippen LogP contribution is 2.24. The highest BCUT2D eigenvalue weighted by molar-refractivity contribution is 5.72. The van der Waals surface area contributed by atoms with Gasteiger partial charge in [-0.1, -0.05) is 6.92 Å². The molecule has 0 fully saturated rings. The van der Waals surface area contributed by atoms with Gasteiger partial charge in [-0.15, -0.1) is 0 Å². The molecule has 1 aromatic heterocycles. The van der Waals surface area contributed by atoms with Crippen molar-refractivity contribution in [2.24, 2.45) is 5.92 Å². The molecular weight excluding hydrogens is 200 g/mol. The lowest BCUT2D eigenvalue weighted by atomic mass is 10.0. The minimum atomic E-state index is -0.474. The van der Waals surface area contributed by atoms with Gasteiger partial charge in [0.15, 0.2) is 0 Å². The first-order chi connectivity index (χ1) is 7.06. The smallest absolute Gasteiger partial charge is 0.308 e. The summed E-state index contributed by atoms with van der Waals surface area (Å²) in [4.78, 5) is 18.1. The van der Waals surface area contributed by atoms with Crippen LogP contribution in [0.15, 0.2) is 6.33 Å². The van der Waals surface area contributed by atoms with Crippen molar-refractivity contribution in [2.45, 2.75) is 13.3 Å². The van der Waals surface area contributed by atoms with Crippen LogP contribution >= 0.6 is 0 Å². The van der Waals surface area contributed by atoms with Gasteiger partial charge in [0, 0.05) is 0 Å². The van der Waals surface area contributed by atoms with Gasteiger partial charge in [0.05, 0.1) is 18.6 Å². The molecule has 0 bridgehead atoms. The fraction of sp³-hybridized carbons (Fsp3) is 0.444. The molecule has 0 amide bonds. The molecule has 0 aromatic carbocycles. The normalized spacial score (nSPS) is 12.1. The summed E-state index contributed by atoms with van der Waals surface area (Å²) in [6.45, 7) is 1.62. The Hall–Kier alpha value is -1.85. The quantitative estimate of drug-likeness (QED) is 0.697. The number of hydrogen-bond acceptors (Lipinski definition) is 6. The van der Waals surface area contributed by atoms with Gasteiger partial charge in [0.25, 0.3) is 0 Å². The first kappa shape index (κ1) is 11.2. The summed E-state index contributed by atoms with van der Waals surface area (Å²) >= 11 is 0. The minimum absolute atomic E-state index is 0.130. The summed E-state index contributed by atoms with van der Waals surface area (Å²) < 4.78 is 4.52. The Kier molecular flexibility index (Phi) is 3.43. The number of rotatable bonds is 3. The number of nitrogens with zero attached hydrogens (tertiary/aromatic N) is 2. The van der Waals surface area contributed by atoms with Gasteiger partial charge in [-0.05, 0) is 6.42 Å². The van der Waals surface area contributed by atoms with E-state index in [1.807, 2.05) is 0 Å². The van der Waals surface area contributed by atoms with Crippen LogP contribution in [-0.2, 0) is 16.0 Å². The Morgan fingerprint density at radius 3 is 2.47 bits per heavy atom. The van der Waals surface area contributed by atoms with Gasteiger partial charge in [-0.25, -0.2) is 9.97 Å². The van der Waals surface area contributed by atoms with Crippen LogP contribution in [0.4, 0.5) is 0 Å². The van der Waals surface area contributed by atoms with Crippen LogP contribution in [-0.4, -0.2) is 33.3 Å². The van der Waals surface area contributed by atoms with E-state index in [1.165, 1.54) is 7.11 Å². The molecule has 82 valence electrons. The number of esters is 1. The number of ether oxygens (including phenoxy) is 1. The van der Waals surface area contributed by atoms with Gasteiger partial charge in [-0.3, -0.25) is 4.79 Å². The lowest BCUT2D eigenvalue weighted by Gasteiger charge is -2.10. The average Bonchev–Trinajstić information content (AvgIpc) is 2.22.